The van der Waals surface area contributed by atoms with E-state index in [1.807, 2.05) is 0 Å². The fourth-order valence-electron chi connectivity index (χ4n) is 1.68. The van der Waals surface area contributed by atoms with E-state index in [0.29, 0.717) is 16.9 Å². The monoisotopic (exact) mass is 287 g/mol. The molecular formula is C13H9ClF3NO. The summed E-state index contributed by atoms with van der Waals surface area (Å²) < 4.78 is 42.5. The molecule has 0 aliphatic carbocycles. The van der Waals surface area contributed by atoms with Gasteiger partial charge in [0.1, 0.15) is 0 Å². The van der Waals surface area contributed by atoms with E-state index in [-0.39, 0.29) is 5.15 Å². The number of aromatic nitrogens is 1. The molecule has 1 aromatic heterocycles. The zero-order chi connectivity index (χ0) is 14.0. The molecule has 0 fully saturated rings. The maximum atomic E-state index is 12.5. The van der Waals surface area contributed by atoms with Crippen LogP contribution in [0.1, 0.15) is 5.56 Å². The minimum atomic E-state index is -4.35. The second-order valence-electron chi connectivity index (χ2n) is 3.76. The molecule has 0 bridgehead atoms. The Hall–Kier alpha value is -1.75. The van der Waals surface area contributed by atoms with Gasteiger partial charge in [0.15, 0.2) is 10.9 Å². The maximum absolute atomic E-state index is 12.5. The number of pyridine rings is 1. The lowest BCUT2D eigenvalue weighted by molar-refractivity contribution is -0.137. The average molecular weight is 288 g/mol. The third-order valence-electron chi connectivity index (χ3n) is 2.59. The average Bonchev–Trinajstić information content (AvgIpc) is 2.37. The number of nitrogens with zero attached hydrogens (tertiary/aromatic N) is 1. The Morgan fingerprint density at radius 1 is 1.11 bits per heavy atom. The van der Waals surface area contributed by atoms with Crippen LogP contribution in [0.5, 0.6) is 5.75 Å². The molecule has 0 radical (unpaired) electrons. The van der Waals surface area contributed by atoms with E-state index in [4.69, 9.17) is 16.3 Å². The summed E-state index contributed by atoms with van der Waals surface area (Å²) in [6.45, 7) is 0. The Morgan fingerprint density at radius 2 is 1.74 bits per heavy atom. The molecule has 0 atom stereocenters. The van der Waals surface area contributed by atoms with Gasteiger partial charge in [0, 0.05) is 11.8 Å². The molecule has 0 N–H and O–H groups in total. The molecule has 0 spiro atoms. The minimum Gasteiger partial charge on any atom is -0.493 e. The molecule has 6 heteroatoms. The molecule has 0 saturated carbocycles. The highest BCUT2D eigenvalue weighted by atomic mass is 35.5. The Morgan fingerprint density at radius 3 is 2.26 bits per heavy atom. The first-order chi connectivity index (χ1) is 8.93. The number of hydrogen-bond acceptors (Lipinski definition) is 2. The van der Waals surface area contributed by atoms with Crippen LogP contribution in [0.4, 0.5) is 13.2 Å². The van der Waals surface area contributed by atoms with Crippen molar-refractivity contribution in [2.75, 3.05) is 7.11 Å². The standard InChI is InChI=1S/C13H9ClF3NO/c1-19-11-10(6-7-18-12(11)14)8-2-4-9(5-3-8)13(15,16)17/h2-7H,1H3. The highest BCUT2D eigenvalue weighted by Gasteiger charge is 2.30. The van der Waals surface area contributed by atoms with Gasteiger partial charge < -0.3 is 4.74 Å². The molecule has 0 aliphatic rings. The van der Waals surface area contributed by atoms with Gasteiger partial charge in [-0.15, -0.1) is 0 Å². The molecule has 2 aromatic rings. The zero-order valence-corrected chi connectivity index (χ0v) is 10.6. The third kappa shape index (κ3) is 2.81. The van der Waals surface area contributed by atoms with Gasteiger partial charge in [-0.05, 0) is 23.8 Å². The first-order valence-electron chi connectivity index (χ1n) is 5.29. The van der Waals surface area contributed by atoms with Crippen LogP contribution in [0.2, 0.25) is 5.15 Å². The first-order valence-corrected chi connectivity index (χ1v) is 5.67. The largest absolute Gasteiger partial charge is 0.493 e. The number of methoxy groups -OCH3 is 1. The van der Waals surface area contributed by atoms with Crippen molar-refractivity contribution in [1.82, 2.24) is 4.98 Å². The van der Waals surface area contributed by atoms with E-state index in [0.717, 1.165) is 12.1 Å². The Bertz CT molecular complexity index is 581. The van der Waals surface area contributed by atoms with Crippen LogP contribution in [0.15, 0.2) is 36.5 Å². The van der Waals surface area contributed by atoms with Crippen molar-refractivity contribution in [3.05, 3.63) is 47.2 Å². The van der Waals surface area contributed by atoms with Crippen LogP contribution in [-0.4, -0.2) is 12.1 Å². The number of halogens is 4. The molecule has 2 rings (SSSR count). The number of alkyl halides is 3. The number of ether oxygens (including phenoxy) is 1. The molecule has 1 aromatic carbocycles. The van der Waals surface area contributed by atoms with Crippen LogP contribution in [0, 0.1) is 0 Å². The van der Waals surface area contributed by atoms with Gasteiger partial charge >= 0.3 is 6.18 Å². The second-order valence-corrected chi connectivity index (χ2v) is 4.12. The molecule has 0 unspecified atom stereocenters. The highest BCUT2D eigenvalue weighted by Crippen LogP contribution is 2.36. The fourth-order valence-corrected chi connectivity index (χ4v) is 1.92. The van der Waals surface area contributed by atoms with Crippen molar-refractivity contribution in [2.45, 2.75) is 6.18 Å². The Balaban J connectivity index is 2.46. The summed E-state index contributed by atoms with van der Waals surface area (Å²) in [6, 6.07) is 6.41. The summed E-state index contributed by atoms with van der Waals surface area (Å²) in [4.78, 5) is 3.85. The maximum Gasteiger partial charge on any atom is 0.416 e. The van der Waals surface area contributed by atoms with Crippen LogP contribution < -0.4 is 4.74 Å². The van der Waals surface area contributed by atoms with Crippen LogP contribution in [0.25, 0.3) is 11.1 Å². The van der Waals surface area contributed by atoms with E-state index >= 15 is 0 Å². The van der Waals surface area contributed by atoms with Gasteiger partial charge in [-0.3, -0.25) is 0 Å². The number of hydrogen-bond donors (Lipinski definition) is 0. The quantitative estimate of drug-likeness (QED) is 0.762. The summed E-state index contributed by atoms with van der Waals surface area (Å²) in [5.41, 5.74) is 0.473. The van der Waals surface area contributed by atoms with E-state index < -0.39 is 11.7 Å². The minimum absolute atomic E-state index is 0.167. The van der Waals surface area contributed by atoms with Gasteiger partial charge in [0.25, 0.3) is 0 Å². The Kier molecular flexibility index (Phi) is 3.66. The van der Waals surface area contributed by atoms with Crippen molar-refractivity contribution < 1.29 is 17.9 Å². The van der Waals surface area contributed by atoms with Crippen molar-refractivity contribution in [1.29, 1.82) is 0 Å². The highest BCUT2D eigenvalue weighted by molar-refractivity contribution is 6.31. The first kappa shape index (κ1) is 13.7. The van der Waals surface area contributed by atoms with Gasteiger partial charge in [-0.25, -0.2) is 4.98 Å². The van der Waals surface area contributed by atoms with Crippen molar-refractivity contribution in [3.63, 3.8) is 0 Å². The van der Waals surface area contributed by atoms with Gasteiger partial charge in [-0.2, -0.15) is 13.2 Å². The SMILES string of the molecule is COc1c(-c2ccc(C(F)(F)F)cc2)ccnc1Cl. The summed E-state index contributed by atoms with van der Waals surface area (Å²) in [5, 5.41) is 0.167. The molecule has 100 valence electrons. The molecule has 2 nitrogen and oxygen atoms in total. The van der Waals surface area contributed by atoms with Gasteiger partial charge in [0.2, 0.25) is 0 Å². The summed E-state index contributed by atoms with van der Waals surface area (Å²) >= 11 is 5.87. The molecule has 1 heterocycles. The van der Waals surface area contributed by atoms with Crippen LogP contribution in [0.3, 0.4) is 0 Å². The summed E-state index contributed by atoms with van der Waals surface area (Å²) in [5.74, 6) is 0.337. The Labute approximate surface area is 112 Å². The molecular weight excluding hydrogens is 279 g/mol. The fraction of sp³-hybridized carbons (Fsp3) is 0.154. The summed E-state index contributed by atoms with van der Waals surface area (Å²) in [7, 11) is 1.43. The number of rotatable bonds is 2. The van der Waals surface area contributed by atoms with Crippen LogP contribution in [-0.2, 0) is 6.18 Å². The van der Waals surface area contributed by atoms with Gasteiger partial charge in [0.05, 0.1) is 12.7 Å². The number of benzene rings is 1. The van der Waals surface area contributed by atoms with Crippen LogP contribution >= 0.6 is 11.6 Å². The smallest absolute Gasteiger partial charge is 0.416 e. The topological polar surface area (TPSA) is 22.1 Å². The zero-order valence-electron chi connectivity index (χ0n) is 9.83. The van der Waals surface area contributed by atoms with E-state index in [1.54, 1.807) is 6.07 Å². The lowest BCUT2D eigenvalue weighted by Crippen LogP contribution is -2.04. The second kappa shape index (κ2) is 5.09. The molecule has 0 saturated heterocycles. The van der Waals surface area contributed by atoms with Crippen molar-refractivity contribution in [3.8, 4) is 16.9 Å². The summed E-state index contributed by atoms with van der Waals surface area (Å²) in [6.07, 6.45) is -2.88. The molecule has 0 amide bonds. The van der Waals surface area contributed by atoms with E-state index in [2.05, 4.69) is 4.98 Å². The predicted octanol–water partition coefficient (Wildman–Crippen LogP) is 4.43. The predicted molar refractivity (Wildman–Crippen MR) is 66.2 cm³/mol. The van der Waals surface area contributed by atoms with E-state index in [1.165, 1.54) is 25.4 Å². The lowest BCUT2D eigenvalue weighted by atomic mass is 10.0. The van der Waals surface area contributed by atoms with Crippen molar-refractivity contribution in [2.24, 2.45) is 0 Å². The van der Waals surface area contributed by atoms with Gasteiger partial charge in [-0.1, -0.05) is 23.7 Å². The normalized spacial score (nSPS) is 11.4. The van der Waals surface area contributed by atoms with E-state index in [9.17, 15) is 13.2 Å². The lowest BCUT2D eigenvalue weighted by Gasteiger charge is -2.11. The molecule has 0 aliphatic heterocycles. The third-order valence-corrected chi connectivity index (χ3v) is 2.86. The van der Waals surface area contributed by atoms with Crippen molar-refractivity contribution >= 4 is 11.6 Å². The molecule has 19 heavy (non-hydrogen) atoms.